The second-order valence-electron chi connectivity index (χ2n) is 7.60. The smallest absolute Gasteiger partial charge is 0.319 e. The Morgan fingerprint density at radius 1 is 1.06 bits per heavy atom. The van der Waals surface area contributed by atoms with Gasteiger partial charge in [-0.3, -0.25) is 4.90 Å². The zero-order chi connectivity index (χ0) is 22.2. The van der Waals surface area contributed by atoms with Crippen LogP contribution in [0.3, 0.4) is 0 Å². The first-order chi connectivity index (χ1) is 15.7. The molecule has 0 unspecified atom stereocenters. The maximum absolute atomic E-state index is 12.2. The minimum atomic E-state index is -0.207. The third-order valence-corrected chi connectivity index (χ3v) is 6.21. The minimum Gasteiger partial charge on any atom is -0.379 e. The number of thioether (sulfide) groups is 1. The number of anilines is 2. The number of urea groups is 1. The lowest BCUT2D eigenvalue weighted by molar-refractivity contribution is 0.0388. The minimum absolute atomic E-state index is 0.207. The number of benzene rings is 1. The molecule has 2 aliphatic heterocycles. The summed E-state index contributed by atoms with van der Waals surface area (Å²) in [5, 5.41) is 5.79. The average Bonchev–Trinajstić information content (AvgIpc) is 2.85. The Morgan fingerprint density at radius 2 is 1.75 bits per heavy atom. The number of morpholine rings is 2. The lowest BCUT2D eigenvalue weighted by Gasteiger charge is -2.29. The molecule has 0 spiro atoms. The summed E-state index contributed by atoms with van der Waals surface area (Å²) in [4.78, 5) is 27.2. The summed E-state index contributed by atoms with van der Waals surface area (Å²) in [7, 11) is 0. The van der Waals surface area contributed by atoms with Crippen LogP contribution in [0.1, 0.15) is 0 Å². The van der Waals surface area contributed by atoms with Gasteiger partial charge in [0.2, 0.25) is 0 Å². The van der Waals surface area contributed by atoms with Gasteiger partial charge in [-0.1, -0.05) is 0 Å². The number of carbonyl (C=O) groups is 1. The molecule has 3 heterocycles. The fraction of sp³-hybridized carbons (Fsp3) is 0.500. The van der Waals surface area contributed by atoms with Gasteiger partial charge in [-0.2, -0.15) is 0 Å². The standard InChI is InChI=1S/C22H30N6O3S/c1-32-19-16-24-20(26-21(19)28-10-14-31-15-11-28)17-2-4-18(5-3-17)25-22(29)23-6-7-27-8-12-30-13-9-27/h2-5,16H,6-15H2,1H3,(H2,23,25,29). The van der Waals surface area contributed by atoms with Crippen LogP contribution >= 0.6 is 11.8 Å². The molecular formula is C22H30N6O3S. The Morgan fingerprint density at radius 3 is 2.44 bits per heavy atom. The van der Waals surface area contributed by atoms with Crippen LogP contribution < -0.4 is 15.5 Å². The van der Waals surface area contributed by atoms with Gasteiger partial charge in [-0.05, 0) is 30.5 Å². The normalized spacial score (nSPS) is 17.2. The molecule has 0 aliphatic carbocycles. The molecule has 1 aromatic carbocycles. The maximum Gasteiger partial charge on any atom is 0.319 e. The van der Waals surface area contributed by atoms with Crippen LogP contribution in [-0.4, -0.2) is 92.9 Å². The molecule has 2 aliphatic rings. The fourth-order valence-electron chi connectivity index (χ4n) is 3.68. The lowest BCUT2D eigenvalue weighted by atomic mass is 10.2. The van der Waals surface area contributed by atoms with Crippen molar-refractivity contribution in [2.45, 2.75) is 4.90 Å². The van der Waals surface area contributed by atoms with Gasteiger partial charge in [-0.25, -0.2) is 14.8 Å². The van der Waals surface area contributed by atoms with E-state index in [1.165, 1.54) is 0 Å². The van der Waals surface area contributed by atoms with Crippen LogP contribution in [0.15, 0.2) is 35.4 Å². The Labute approximate surface area is 192 Å². The van der Waals surface area contributed by atoms with Crippen molar-refractivity contribution >= 4 is 29.3 Å². The first-order valence-corrected chi connectivity index (χ1v) is 12.1. The van der Waals surface area contributed by atoms with E-state index >= 15 is 0 Å². The van der Waals surface area contributed by atoms with E-state index in [1.807, 2.05) is 36.7 Å². The quantitative estimate of drug-likeness (QED) is 0.610. The predicted molar refractivity (Wildman–Crippen MR) is 127 cm³/mol. The van der Waals surface area contributed by atoms with Crippen molar-refractivity contribution in [1.29, 1.82) is 0 Å². The molecule has 0 atom stereocenters. The first kappa shape index (κ1) is 22.8. The Balaban J connectivity index is 1.34. The van der Waals surface area contributed by atoms with Crippen LogP contribution in [0.2, 0.25) is 0 Å². The molecule has 0 radical (unpaired) electrons. The van der Waals surface area contributed by atoms with Gasteiger partial charge in [0, 0.05) is 56.7 Å². The number of carbonyl (C=O) groups excluding carboxylic acids is 1. The Hall–Kier alpha value is -2.40. The van der Waals surface area contributed by atoms with E-state index in [-0.39, 0.29) is 6.03 Å². The second-order valence-corrected chi connectivity index (χ2v) is 8.45. The molecule has 172 valence electrons. The van der Waals surface area contributed by atoms with Gasteiger partial charge < -0.3 is 25.0 Å². The highest BCUT2D eigenvalue weighted by Crippen LogP contribution is 2.29. The van der Waals surface area contributed by atoms with Gasteiger partial charge in [0.1, 0.15) is 5.82 Å². The van der Waals surface area contributed by atoms with E-state index < -0.39 is 0 Å². The van der Waals surface area contributed by atoms with Crippen LogP contribution in [0.5, 0.6) is 0 Å². The average molecular weight is 459 g/mol. The number of hydrogen-bond donors (Lipinski definition) is 2. The van der Waals surface area contributed by atoms with E-state index in [0.29, 0.717) is 25.6 Å². The molecule has 2 fully saturated rings. The van der Waals surface area contributed by atoms with Crippen molar-refractivity contribution in [3.8, 4) is 11.4 Å². The summed E-state index contributed by atoms with van der Waals surface area (Å²) < 4.78 is 10.8. The van der Waals surface area contributed by atoms with Gasteiger partial charge in [0.25, 0.3) is 0 Å². The highest BCUT2D eigenvalue weighted by atomic mass is 32.2. The van der Waals surface area contributed by atoms with Crippen molar-refractivity contribution in [3.63, 3.8) is 0 Å². The molecule has 32 heavy (non-hydrogen) atoms. The van der Waals surface area contributed by atoms with E-state index in [1.54, 1.807) is 11.8 Å². The van der Waals surface area contributed by atoms with E-state index in [0.717, 1.165) is 67.9 Å². The van der Waals surface area contributed by atoms with Crippen LogP contribution in [-0.2, 0) is 9.47 Å². The molecule has 1 aromatic heterocycles. The number of ether oxygens (including phenoxy) is 2. The monoisotopic (exact) mass is 458 g/mol. The molecule has 0 saturated carbocycles. The van der Waals surface area contributed by atoms with Crippen molar-refractivity contribution in [2.24, 2.45) is 0 Å². The molecule has 2 N–H and O–H groups in total. The maximum atomic E-state index is 12.2. The van der Waals surface area contributed by atoms with Crippen molar-refractivity contribution in [3.05, 3.63) is 30.5 Å². The number of amides is 2. The van der Waals surface area contributed by atoms with Gasteiger partial charge in [0.05, 0.1) is 31.3 Å². The largest absolute Gasteiger partial charge is 0.379 e. The second kappa shape index (κ2) is 11.5. The highest BCUT2D eigenvalue weighted by molar-refractivity contribution is 7.98. The summed E-state index contributed by atoms with van der Waals surface area (Å²) in [5.41, 5.74) is 1.64. The number of nitrogens with zero attached hydrogens (tertiary/aromatic N) is 4. The SMILES string of the molecule is CSc1cnc(-c2ccc(NC(=O)NCCN3CCOCC3)cc2)nc1N1CCOCC1. The molecule has 2 saturated heterocycles. The Kier molecular flexibility index (Phi) is 8.16. The predicted octanol–water partition coefficient (Wildman–Crippen LogP) is 2.16. The molecule has 4 rings (SSSR count). The topological polar surface area (TPSA) is 91.9 Å². The number of aromatic nitrogens is 2. The lowest BCUT2D eigenvalue weighted by Crippen LogP contribution is -2.42. The summed E-state index contributed by atoms with van der Waals surface area (Å²) >= 11 is 1.65. The molecule has 9 nitrogen and oxygen atoms in total. The summed E-state index contributed by atoms with van der Waals surface area (Å²) in [6, 6.07) is 7.40. The van der Waals surface area contributed by atoms with Gasteiger partial charge >= 0.3 is 6.03 Å². The Bertz CT molecular complexity index is 886. The van der Waals surface area contributed by atoms with E-state index in [2.05, 4.69) is 25.4 Å². The van der Waals surface area contributed by atoms with Crippen molar-refractivity contribution in [2.75, 3.05) is 82.2 Å². The third kappa shape index (κ3) is 6.10. The van der Waals surface area contributed by atoms with Crippen LogP contribution in [0.4, 0.5) is 16.3 Å². The molecule has 2 aromatic rings. The number of rotatable bonds is 7. The fourth-order valence-corrected chi connectivity index (χ4v) is 4.19. The molecule has 0 bridgehead atoms. The van der Waals surface area contributed by atoms with Gasteiger partial charge in [-0.15, -0.1) is 11.8 Å². The van der Waals surface area contributed by atoms with Crippen molar-refractivity contribution in [1.82, 2.24) is 20.2 Å². The molecule has 2 amide bonds. The molecule has 10 heteroatoms. The summed E-state index contributed by atoms with van der Waals surface area (Å²) in [6.45, 7) is 7.85. The van der Waals surface area contributed by atoms with Crippen LogP contribution in [0, 0.1) is 0 Å². The number of nitrogens with one attached hydrogen (secondary N) is 2. The summed E-state index contributed by atoms with van der Waals surface area (Å²) in [5.74, 6) is 1.62. The zero-order valence-electron chi connectivity index (χ0n) is 18.4. The molecular weight excluding hydrogens is 428 g/mol. The van der Waals surface area contributed by atoms with Crippen molar-refractivity contribution < 1.29 is 14.3 Å². The highest BCUT2D eigenvalue weighted by Gasteiger charge is 2.18. The first-order valence-electron chi connectivity index (χ1n) is 10.9. The van der Waals surface area contributed by atoms with E-state index in [9.17, 15) is 4.79 Å². The van der Waals surface area contributed by atoms with Gasteiger partial charge in [0.15, 0.2) is 5.82 Å². The third-order valence-electron chi connectivity index (χ3n) is 5.49. The zero-order valence-corrected chi connectivity index (χ0v) is 19.2. The summed E-state index contributed by atoms with van der Waals surface area (Å²) in [6.07, 6.45) is 3.92. The van der Waals surface area contributed by atoms with Crippen LogP contribution in [0.25, 0.3) is 11.4 Å². The van der Waals surface area contributed by atoms with E-state index in [4.69, 9.17) is 14.5 Å². The number of hydrogen-bond acceptors (Lipinski definition) is 8.